The predicted molar refractivity (Wildman–Crippen MR) is 78.9 cm³/mol. The summed E-state index contributed by atoms with van der Waals surface area (Å²) in [5.41, 5.74) is -1.11. The van der Waals surface area contributed by atoms with Gasteiger partial charge in [-0.3, -0.25) is 4.79 Å². The highest BCUT2D eigenvalue weighted by Crippen LogP contribution is 2.34. The topological polar surface area (TPSA) is 35.5 Å². The fourth-order valence-electron chi connectivity index (χ4n) is 1.75. The van der Waals surface area contributed by atoms with Crippen molar-refractivity contribution in [2.45, 2.75) is 19.2 Å². The maximum Gasteiger partial charge on any atom is 0.416 e. The van der Waals surface area contributed by atoms with Crippen molar-refractivity contribution in [3.63, 3.8) is 0 Å². The zero-order chi connectivity index (χ0) is 17.9. The van der Waals surface area contributed by atoms with Gasteiger partial charge in [-0.25, -0.2) is 4.39 Å². The number of hydrogen-bond donors (Lipinski definition) is 0. The van der Waals surface area contributed by atoms with Crippen molar-refractivity contribution in [1.29, 1.82) is 0 Å². The molecule has 0 heterocycles. The summed E-state index contributed by atoms with van der Waals surface area (Å²) in [5.74, 6) is -1.16. The summed E-state index contributed by atoms with van der Waals surface area (Å²) < 4.78 is 61.7. The van der Waals surface area contributed by atoms with E-state index in [1.807, 2.05) is 0 Å². The summed E-state index contributed by atoms with van der Waals surface area (Å²) in [6.07, 6.45) is -5.54. The van der Waals surface area contributed by atoms with Crippen LogP contribution in [0.2, 0.25) is 0 Å². The first kappa shape index (κ1) is 18.1. The summed E-state index contributed by atoms with van der Waals surface area (Å²) in [4.78, 5) is 10.9. The lowest BCUT2D eigenvalue weighted by Crippen LogP contribution is -2.18. The number of rotatable bonds is 5. The largest absolute Gasteiger partial charge is 0.481 e. The van der Waals surface area contributed by atoms with E-state index in [1.165, 1.54) is 31.2 Å². The molecule has 0 N–H and O–H groups in total. The lowest BCUT2D eigenvalue weighted by molar-refractivity contribution is -0.137. The van der Waals surface area contributed by atoms with Gasteiger partial charge in [0.05, 0.1) is 5.56 Å². The van der Waals surface area contributed by atoms with Crippen LogP contribution in [0.4, 0.5) is 17.6 Å². The Labute approximate surface area is 139 Å². The average Bonchev–Trinajstić information content (AvgIpc) is 2.48. The molecule has 2 aromatic rings. The van der Waals surface area contributed by atoms with Crippen LogP contribution >= 0.6 is 11.6 Å². The highest BCUT2D eigenvalue weighted by molar-refractivity contribution is 6.64. The van der Waals surface area contributed by atoms with Gasteiger partial charge in [0.15, 0.2) is 17.7 Å². The van der Waals surface area contributed by atoms with E-state index in [0.717, 1.165) is 6.07 Å². The molecule has 128 valence electrons. The van der Waals surface area contributed by atoms with Crippen molar-refractivity contribution in [3.8, 4) is 17.2 Å². The van der Waals surface area contributed by atoms with Gasteiger partial charge in [-0.1, -0.05) is 6.07 Å². The lowest BCUT2D eigenvalue weighted by Gasteiger charge is -2.13. The van der Waals surface area contributed by atoms with Gasteiger partial charge in [0.1, 0.15) is 11.5 Å². The summed E-state index contributed by atoms with van der Waals surface area (Å²) in [7, 11) is 0. The number of carbonyl (C=O) groups excluding carboxylic acids is 1. The van der Waals surface area contributed by atoms with Gasteiger partial charge in [0.2, 0.25) is 0 Å². The molecular formula is C16H11ClF4O3. The number of carbonyl (C=O) groups is 1. The Kier molecular flexibility index (Phi) is 5.33. The fourth-order valence-corrected chi connectivity index (χ4v) is 1.79. The molecule has 0 amide bonds. The van der Waals surface area contributed by atoms with Crippen LogP contribution < -0.4 is 9.47 Å². The first-order chi connectivity index (χ1) is 11.2. The molecule has 0 aliphatic heterocycles. The smallest absolute Gasteiger partial charge is 0.416 e. The van der Waals surface area contributed by atoms with Crippen LogP contribution in [0.15, 0.2) is 42.5 Å². The second-order valence-corrected chi connectivity index (χ2v) is 5.16. The first-order valence-corrected chi connectivity index (χ1v) is 7.05. The van der Waals surface area contributed by atoms with Crippen LogP contribution in [0.25, 0.3) is 0 Å². The number of halogens is 5. The summed E-state index contributed by atoms with van der Waals surface area (Å²) in [6.45, 7) is 1.44. The van der Waals surface area contributed by atoms with Crippen LogP contribution in [0.3, 0.4) is 0 Å². The monoisotopic (exact) mass is 362 g/mol. The van der Waals surface area contributed by atoms with E-state index in [9.17, 15) is 22.4 Å². The molecule has 0 aliphatic rings. The van der Waals surface area contributed by atoms with E-state index in [-0.39, 0.29) is 17.2 Å². The zero-order valence-corrected chi connectivity index (χ0v) is 13.0. The van der Waals surface area contributed by atoms with E-state index in [1.54, 1.807) is 0 Å². The average molecular weight is 363 g/mol. The minimum Gasteiger partial charge on any atom is -0.481 e. The second kappa shape index (κ2) is 7.09. The molecule has 0 bridgehead atoms. The Balaban J connectivity index is 2.18. The van der Waals surface area contributed by atoms with Crippen LogP contribution in [0.1, 0.15) is 12.5 Å². The molecule has 0 aliphatic carbocycles. The first-order valence-electron chi connectivity index (χ1n) is 6.67. The molecule has 0 saturated carbocycles. The normalized spacial score (nSPS) is 12.6. The third-order valence-corrected chi connectivity index (χ3v) is 3.23. The molecule has 8 heteroatoms. The standard InChI is InChI=1S/C16H11ClF4O3/c1-9(15(17)22)23-11-3-2-4-12(8-11)24-14-6-5-10(7-13(14)18)16(19,20)21/h2-9H,1H3/t9-/m1/s1. The SMILES string of the molecule is C[C@@H](Oc1cccc(Oc2ccc(C(F)(F)F)cc2F)c1)C(=O)Cl. The molecule has 2 aromatic carbocycles. The fraction of sp³-hybridized carbons (Fsp3) is 0.188. The number of ether oxygens (including phenoxy) is 2. The van der Waals surface area contributed by atoms with Crippen molar-refractivity contribution < 1.29 is 31.8 Å². The van der Waals surface area contributed by atoms with Gasteiger partial charge in [-0.05, 0) is 48.9 Å². The molecule has 0 fully saturated rings. The minimum absolute atomic E-state index is 0.125. The predicted octanol–water partition coefficient (Wildman–Crippen LogP) is 5.17. The Morgan fingerprint density at radius 3 is 2.38 bits per heavy atom. The third-order valence-electron chi connectivity index (χ3n) is 2.92. The van der Waals surface area contributed by atoms with Gasteiger partial charge in [-0.15, -0.1) is 0 Å². The molecule has 24 heavy (non-hydrogen) atoms. The Morgan fingerprint density at radius 1 is 1.12 bits per heavy atom. The van der Waals surface area contributed by atoms with E-state index < -0.39 is 28.9 Å². The Morgan fingerprint density at radius 2 is 1.79 bits per heavy atom. The van der Waals surface area contributed by atoms with Gasteiger partial charge in [-0.2, -0.15) is 13.2 Å². The van der Waals surface area contributed by atoms with Crippen molar-refractivity contribution in [3.05, 3.63) is 53.8 Å². The number of hydrogen-bond acceptors (Lipinski definition) is 3. The van der Waals surface area contributed by atoms with Crippen molar-refractivity contribution in [2.75, 3.05) is 0 Å². The van der Waals surface area contributed by atoms with Crippen LogP contribution in [0, 0.1) is 5.82 Å². The summed E-state index contributed by atoms with van der Waals surface area (Å²) >= 11 is 5.28. The van der Waals surface area contributed by atoms with E-state index >= 15 is 0 Å². The van der Waals surface area contributed by atoms with Crippen LogP contribution in [0.5, 0.6) is 17.2 Å². The highest BCUT2D eigenvalue weighted by atomic mass is 35.5. The van der Waals surface area contributed by atoms with Crippen molar-refractivity contribution in [2.24, 2.45) is 0 Å². The van der Waals surface area contributed by atoms with Gasteiger partial charge in [0, 0.05) is 6.07 Å². The molecule has 0 aromatic heterocycles. The summed E-state index contributed by atoms with van der Waals surface area (Å²) in [5, 5.41) is -0.699. The quantitative estimate of drug-likeness (QED) is 0.544. The highest BCUT2D eigenvalue weighted by Gasteiger charge is 2.31. The van der Waals surface area contributed by atoms with Crippen LogP contribution in [-0.4, -0.2) is 11.3 Å². The molecule has 0 saturated heterocycles. The molecule has 0 radical (unpaired) electrons. The van der Waals surface area contributed by atoms with E-state index in [4.69, 9.17) is 21.1 Å². The van der Waals surface area contributed by atoms with Gasteiger partial charge in [0.25, 0.3) is 5.24 Å². The van der Waals surface area contributed by atoms with Crippen molar-refractivity contribution in [1.82, 2.24) is 0 Å². The minimum atomic E-state index is -4.64. The third kappa shape index (κ3) is 4.61. The van der Waals surface area contributed by atoms with Gasteiger partial charge < -0.3 is 9.47 Å². The molecule has 1 atom stereocenters. The van der Waals surface area contributed by atoms with Crippen molar-refractivity contribution >= 4 is 16.8 Å². The van der Waals surface area contributed by atoms with Gasteiger partial charge >= 0.3 is 6.18 Å². The van der Waals surface area contributed by atoms with Crippen LogP contribution in [-0.2, 0) is 11.0 Å². The maximum absolute atomic E-state index is 13.8. The molecule has 0 unspecified atom stereocenters. The molecule has 2 rings (SSSR count). The molecule has 0 spiro atoms. The number of benzene rings is 2. The Hall–Kier alpha value is -2.28. The van der Waals surface area contributed by atoms with E-state index in [2.05, 4.69) is 0 Å². The maximum atomic E-state index is 13.8. The molecule has 3 nitrogen and oxygen atoms in total. The lowest BCUT2D eigenvalue weighted by atomic mass is 10.2. The summed E-state index contributed by atoms with van der Waals surface area (Å²) in [6, 6.07) is 7.79. The molecular weight excluding hydrogens is 352 g/mol. The second-order valence-electron chi connectivity index (χ2n) is 4.78. The van der Waals surface area contributed by atoms with E-state index in [0.29, 0.717) is 12.1 Å². The zero-order valence-electron chi connectivity index (χ0n) is 12.2. The Bertz CT molecular complexity index is 746. The number of alkyl halides is 3.